The molecule has 0 aromatic carbocycles. The van der Waals surface area contributed by atoms with E-state index in [0.29, 0.717) is 19.3 Å². The van der Waals surface area contributed by atoms with Gasteiger partial charge in [-0.05, 0) is 12.8 Å². The zero-order valence-corrected chi connectivity index (χ0v) is 9.33. The Bertz CT molecular complexity index is 177. The molecular weight excluding hydrogens is 191 g/mol. The third-order valence-corrected chi connectivity index (χ3v) is 2.50. The molecule has 0 rings (SSSR count). The Hall–Kier alpha value is 0.110. The Labute approximate surface area is 79.5 Å². The van der Waals surface area contributed by atoms with Gasteiger partial charge in [0.2, 0.25) is 0 Å². The van der Waals surface area contributed by atoms with E-state index >= 15 is 0 Å². The molecule has 0 saturated carbocycles. The van der Waals surface area contributed by atoms with Crippen molar-refractivity contribution >= 4 is 7.60 Å². The van der Waals surface area contributed by atoms with Gasteiger partial charge in [0.05, 0.1) is 12.2 Å². The van der Waals surface area contributed by atoms with Gasteiger partial charge < -0.3 is 14.5 Å². The van der Waals surface area contributed by atoms with Crippen molar-refractivity contribution in [2.75, 3.05) is 6.66 Å². The largest absolute Gasteiger partial charge is 0.393 e. The van der Waals surface area contributed by atoms with Crippen molar-refractivity contribution < 1.29 is 19.1 Å². The van der Waals surface area contributed by atoms with E-state index < -0.39 is 13.7 Å². The fraction of sp³-hybridized carbons (Fsp3) is 1.00. The van der Waals surface area contributed by atoms with Crippen molar-refractivity contribution in [3.8, 4) is 0 Å². The van der Waals surface area contributed by atoms with Crippen molar-refractivity contribution in [3.05, 3.63) is 0 Å². The summed E-state index contributed by atoms with van der Waals surface area (Å²) in [4.78, 5) is 8.96. The minimum Gasteiger partial charge on any atom is -0.393 e. The fourth-order valence-electron chi connectivity index (χ4n) is 1.03. The summed E-state index contributed by atoms with van der Waals surface area (Å²) in [5.41, 5.74) is 0. The molecule has 0 bridgehead atoms. The van der Waals surface area contributed by atoms with E-state index in [0.717, 1.165) is 6.66 Å². The first-order valence-corrected chi connectivity index (χ1v) is 6.58. The standard InChI is InChI=1S/C8H19O4P/c1-4-7(9)6-8(5-2)12-13(3,10)11/h7-9H,4-6H2,1-3H3,(H,10,11). The molecule has 0 radical (unpaired) electrons. The smallest absolute Gasteiger partial charge is 0.325 e. The van der Waals surface area contributed by atoms with Crippen molar-refractivity contribution in [3.63, 3.8) is 0 Å². The van der Waals surface area contributed by atoms with E-state index in [9.17, 15) is 9.67 Å². The van der Waals surface area contributed by atoms with Crippen LogP contribution in [-0.4, -0.2) is 28.9 Å². The van der Waals surface area contributed by atoms with Crippen LogP contribution in [0.15, 0.2) is 0 Å². The van der Waals surface area contributed by atoms with Crippen LogP contribution in [0.3, 0.4) is 0 Å². The first-order valence-electron chi connectivity index (χ1n) is 4.55. The molecule has 0 amide bonds. The molecule has 0 aliphatic rings. The third kappa shape index (κ3) is 7.20. The molecule has 80 valence electrons. The second kappa shape index (κ2) is 5.76. The number of hydrogen-bond acceptors (Lipinski definition) is 3. The molecular formula is C8H19O4P. The summed E-state index contributed by atoms with van der Waals surface area (Å²) in [6.45, 7) is 4.89. The van der Waals surface area contributed by atoms with Gasteiger partial charge in [-0.1, -0.05) is 13.8 Å². The lowest BCUT2D eigenvalue weighted by molar-refractivity contribution is 0.0838. The lowest BCUT2D eigenvalue weighted by atomic mass is 10.1. The average Bonchev–Trinajstić information content (AvgIpc) is 2.00. The third-order valence-electron chi connectivity index (χ3n) is 1.81. The lowest BCUT2D eigenvalue weighted by Gasteiger charge is -2.19. The molecule has 0 spiro atoms. The van der Waals surface area contributed by atoms with E-state index in [1.165, 1.54) is 0 Å². The minimum atomic E-state index is -3.42. The number of aliphatic hydroxyl groups excluding tert-OH is 1. The zero-order valence-electron chi connectivity index (χ0n) is 8.43. The Morgan fingerprint density at radius 2 is 1.92 bits per heavy atom. The molecule has 3 atom stereocenters. The normalized spacial score (nSPS) is 20.7. The van der Waals surface area contributed by atoms with Crippen LogP contribution < -0.4 is 0 Å². The molecule has 3 unspecified atom stereocenters. The first-order chi connectivity index (χ1) is 5.89. The minimum absolute atomic E-state index is 0.323. The van der Waals surface area contributed by atoms with Crippen LogP contribution in [0.5, 0.6) is 0 Å². The maximum atomic E-state index is 10.9. The average molecular weight is 210 g/mol. The Kier molecular flexibility index (Phi) is 5.81. The van der Waals surface area contributed by atoms with Crippen molar-refractivity contribution in [2.45, 2.75) is 45.3 Å². The maximum Gasteiger partial charge on any atom is 0.325 e. The molecule has 0 aromatic heterocycles. The Balaban J connectivity index is 3.97. The van der Waals surface area contributed by atoms with Gasteiger partial charge in [0.1, 0.15) is 0 Å². The van der Waals surface area contributed by atoms with E-state index in [4.69, 9.17) is 9.42 Å². The zero-order chi connectivity index (χ0) is 10.5. The van der Waals surface area contributed by atoms with Gasteiger partial charge >= 0.3 is 7.60 Å². The molecule has 0 saturated heterocycles. The van der Waals surface area contributed by atoms with Crippen molar-refractivity contribution in [1.29, 1.82) is 0 Å². The quantitative estimate of drug-likeness (QED) is 0.655. The van der Waals surface area contributed by atoms with Gasteiger partial charge in [-0.3, -0.25) is 4.57 Å². The van der Waals surface area contributed by atoms with Crippen LogP contribution in [-0.2, 0) is 9.09 Å². The summed E-state index contributed by atoms with van der Waals surface area (Å²) in [5, 5.41) is 9.30. The van der Waals surface area contributed by atoms with Gasteiger partial charge in [-0.15, -0.1) is 0 Å². The predicted molar refractivity (Wildman–Crippen MR) is 51.8 cm³/mol. The summed E-state index contributed by atoms with van der Waals surface area (Å²) >= 11 is 0. The van der Waals surface area contributed by atoms with Crippen molar-refractivity contribution in [2.24, 2.45) is 0 Å². The molecule has 0 aliphatic heterocycles. The number of aliphatic hydroxyl groups is 1. The molecule has 4 nitrogen and oxygen atoms in total. The van der Waals surface area contributed by atoms with E-state index in [2.05, 4.69) is 0 Å². The van der Waals surface area contributed by atoms with Crippen LogP contribution in [0.25, 0.3) is 0 Å². The SMILES string of the molecule is CCC(O)CC(CC)OP(C)(=O)O. The Morgan fingerprint density at radius 1 is 1.38 bits per heavy atom. The summed E-state index contributed by atoms with van der Waals surface area (Å²) in [5.74, 6) is 0. The van der Waals surface area contributed by atoms with Gasteiger partial charge in [0, 0.05) is 13.1 Å². The van der Waals surface area contributed by atoms with E-state index in [-0.39, 0.29) is 6.10 Å². The Morgan fingerprint density at radius 3 is 2.23 bits per heavy atom. The highest BCUT2D eigenvalue weighted by Crippen LogP contribution is 2.39. The molecule has 2 N–H and O–H groups in total. The molecule has 13 heavy (non-hydrogen) atoms. The second-order valence-corrected chi connectivity index (χ2v) is 5.05. The number of rotatable bonds is 6. The summed E-state index contributed by atoms with van der Waals surface area (Å²) in [7, 11) is -3.42. The van der Waals surface area contributed by atoms with E-state index in [1.54, 1.807) is 0 Å². The van der Waals surface area contributed by atoms with Crippen LogP contribution in [0.1, 0.15) is 33.1 Å². The van der Waals surface area contributed by atoms with Gasteiger partial charge in [0.15, 0.2) is 0 Å². The van der Waals surface area contributed by atoms with Crippen LogP contribution >= 0.6 is 7.60 Å². The fourth-order valence-corrected chi connectivity index (χ4v) is 1.82. The van der Waals surface area contributed by atoms with Crippen LogP contribution in [0.2, 0.25) is 0 Å². The summed E-state index contributed by atoms with van der Waals surface area (Å²) in [6.07, 6.45) is 0.924. The molecule has 0 aliphatic carbocycles. The van der Waals surface area contributed by atoms with Gasteiger partial charge in [0.25, 0.3) is 0 Å². The van der Waals surface area contributed by atoms with E-state index in [1.807, 2.05) is 13.8 Å². The molecule has 5 heteroatoms. The van der Waals surface area contributed by atoms with Crippen LogP contribution in [0.4, 0.5) is 0 Å². The predicted octanol–water partition coefficient (Wildman–Crippen LogP) is 1.76. The monoisotopic (exact) mass is 210 g/mol. The highest BCUT2D eigenvalue weighted by atomic mass is 31.2. The van der Waals surface area contributed by atoms with Gasteiger partial charge in [-0.2, -0.15) is 0 Å². The first kappa shape index (κ1) is 13.1. The van der Waals surface area contributed by atoms with Gasteiger partial charge in [-0.25, -0.2) is 0 Å². The lowest BCUT2D eigenvalue weighted by Crippen LogP contribution is -2.18. The number of hydrogen-bond donors (Lipinski definition) is 2. The highest BCUT2D eigenvalue weighted by Gasteiger charge is 2.20. The molecule has 0 fully saturated rings. The maximum absolute atomic E-state index is 10.9. The summed E-state index contributed by atoms with van der Waals surface area (Å²) in [6, 6.07) is 0. The molecule has 0 aromatic rings. The second-order valence-electron chi connectivity index (χ2n) is 3.24. The highest BCUT2D eigenvalue weighted by molar-refractivity contribution is 7.51. The van der Waals surface area contributed by atoms with Crippen LogP contribution in [0, 0.1) is 0 Å². The topological polar surface area (TPSA) is 66.8 Å². The summed E-state index contributed by atoms with van der Waals surface area (Å²) < 4.78 is 15.8. The molecule has 0 heterocycles. The van der Waals surface area contributed by atoms with Crippen molar-refractivity contribution in [1.82, 2.24) is 0 Å².